The lowest BCUT2D eigenvalue weighted by atomic mass is 10.0. The molecule has 0 atom stereocenters. The third kappa shape index (κ3) is 5.07. The van der Waals surface area contributed by atoms with Crippen molar-refractivity contribution < 1.29 is 9.90 Å². The van der Waals surface area contributed by atoms with Crippen molar-refractivity contribution in [3.63, 3.8) is 0 Å². The second-order valence-electron chi connectivity index (χ2n) is 4.38. The lowest BCUT2D eigenvalue weighted by Gasteiger charge is -2.03. The number of carbonyl (C=O) groups is 1. The number of nitrogens with zero attached hydrogens (tertiary/aromatic N) is 1. The van der Waals surface area contributed by atoms with Gasteiger partial charge in [0.2, 0.25) is 0 Å². The number of rotatable bonds is 7. The van der Waals surface area contributed by atoms with E-state index in [0.717, 1.165) is 24.0 Å². The predicted octanol–water partition coefficient (Wildman–Crippen LogP) is 3.54. The van der Waals surface area contributed by atoms with Gasteiger partial charge in [0.05, 0.1) is 6.57 Å². The zero-order chi connectivity index (χ0) is 14.1. The number of benzene rings is 1. The molecule has 0 amide bonds. The summed E-state index contributed by atoms with van der Waals surface area (Å²) in [6.45, 7) is 9.24. The van der Waals surface area contributed by atoms with Gasteiger partial charge in [-0.3, -0.25) is 4.79 Å². The van der Waals surface area contributed by atoms with Crippen molar-refractivity contribution in [1.29, 1.82) is 0 Å². The zero-order valence-corrected chi connectivity index (χ0v) is 11.2. The summed E-state index contributed by atoms with van der Waals surface area (Å²) in [6, 6.07) is 5.42. The monoisotopic (exact) mass is 257 g/mol. The lowest BCUT2D eigenvalue weighted by molar-refractivity contribution is -0.114. The summed E-state index contributed by atoms with van der Waals surface area (Å²) in [5.74, 6) is 0.0883. The highest BCUT2D eigenvalue weighted by molar-refractivity contribution is 5.94. The van der Waals surface area contributed by atoms with Crippen LogP contribution in [0.3, 0.4) is 0 Å². The largest absolute Gasteiger partial charge is 0.396 e. The Morgan fingerprint density at radius 3 is 2.89 bits per heavy atom. The Morgan fingerprint density at radius 2 is 2.26 bits per heavy atom. The van der Waals surface area contributed by atoms with Gasteiger partial charge in [0, 0.05) is 13.0 Å². The predicted molar refractivity (Wildman–Crippen MR) is 77.1 cm³/mol. The third-order valence-electron chi connectivity index (χ3n) is 2.84. The Morgan fingerprint density at radius 1 is 1.47 bits per heavy atom. The first-order chi connectivity index (χ1) is 9.21. The Labute approximate surface area is 114 Å². The normalized spacial score (nSPS) is 10.6. The average molecular weight is 257 g/mol. The van der Waals surface area contributed by atoms with E-state index in [4.69, 9.17) is 11.7 Å². The topological polar surface area (TPSA) is 41.7 Å². The molecule has 3 nitrogen and oxygen atoms in total. The molecule has 0 aliphatic carbocycles. The number of allylic oxidation sites excluding steroid dienone is 1. The first-order valence-electron chi connectivity index (χ1n) is 6.53. The summed E-state index contributed by atoms with van der Waals surface area (Å²) in [7, 11) is 0. The Bertz CT molecular complexity index is 498. The van der Waals surface area contributed by atoms with E-state index in [1.165, 1.54) is 0 Å². The maximum atomic E-state index is 11.6. The smallest absolute Gasteiger partial charge is 0.194 e. The number of hydrogen-bond donors (Lipinski definition) is 1. The number of aliphatic hydroxyl groups is 1. The van der Waals surface area contributed by atoms with E-state index < -0.39 is 0 Å². The van der Waals surface area contributed by atoms with Gasteiger partial charge in [-0.1, -0.05) is 37.6 Å². The van der Waals surface area contributed by atoms with Crippen LogP contribution in [0.15, 0.2) is 24.3 Å². The van der Waals surface area contributed by atoms with Gasteiger partial charge in [0.1, 0.15) is 0 Å². The molecule has 0 aromatic heterocycles. The quantitative estimate of drug-likeness (QED) is 0.599. The first kappa shape index (κ1) is 15.1. The molecular weight excluding hydrogens is 238 g/mol. The fourth-order valence-electron chi connectivity index (χ4n) is 1.74. The second-order valence-corrected chi connectivity index (χ2v) is 4.38. The summed E-state index contributed by atoms with van der Waals surface area (Å²) >= 11 is 0. The molecule has 0 aliphatic heterocycles. The van der Waals surface area contributed by atoms with Crippen molar-refractivity contribution in [3.05, 3.63) is 46.8 Å². The molecule has 0 saturated carbocycles. The minimum absolute atomic E-state index is 0.0793. The molecule has 100 valence electrons. The molecule has 0 saturated heterocycles. The van der Waals surface area contributed by atoms with Crippen molar-refractivity contribution in [2.45, 2.75) is 32.6 Å². The third-order valence-corrected chi connectivity index (χ3v) is 2.84. The van der Waals surface area contributed by atoms with Crippen LogP contribution >= 0.6 is 0 Å². The minimum atomic E-state index is 0.0793. The maximum Gasteiger partial charge on any atom is 0.194 e. The average Bonchev–Trinajstić information content (AvgIpc) is 2.43. The van der Waals surface area contributed by atoms with Crippen LogP contribution in [0.2, 0.25) is 0 Å². The van der Waals surface area contributed by atoms with Gasteiger partial charge >= 0.3 is 0 Å². The SMILES string of the molecule is [C-]#[N+]c1ccc(CCO)cc1C=CC(=O)CCCC. The molecule has 19 heavy (non-hydrogen) atoms. The Hall–Kier alpha value is -1.92. The number of unbranched alkanes of at least 4 members (excludes halogenated alkanes) is 1. The fourth-order valence-corrected chi connectivity index (χ4v) is 1.74. The highest BCUT2D eigenvalue weighted by Gasteiger charge is 2.02. The first-order valence-corrected chi connectivity index (χ1v) is 6.53. The van der Waals surface area contributed by atoms with E-state index in [9.17, 15) is 4.79 Å². The summed E-state index contributed by atoms with van der Waals surface area (Å²) in [5.41, 5.74) is 2.24. The van der Waals surface area contributed by atoms with E-state index in [0.29, 0.717) is 18.5 Å². The summed E-state index contributed by atoms with van der Waals surface area (Å²) in [4.78, 5) is 15.0. The van der Waals surface area contributed by atoms with E-state index in [-0.39, 0.29) is 12.4 Å². The summed E-state index contributed by atoms with van der Waals surface area (Å²) < 4.78 is 0. The Balaban J connectivity index is 2.85. The molecule has 1 aromatic rings. The molecule has 3 heteroatoms. The van der Waals surface area contributed by atoms with E-state index in [2.05, 4.69) is 4.85 Å². The molecule has 0 spiro atoms. The molecule has 0 unspecified atom stereocenters. The van der Waals surface area contributed by atoms with E-state index in [1.807, 2.05) is 19.1 Å². The van der Waals surface area contributed by atoms with Crippen molar-refractivity contribution in [2.24, 2.45) is 0 Å². The summed E-state index contributed by atoms with van der Waals surface area (Å²) in [5, 5.41) is 8.92. The van der Waals surface area contributed by atoms with Crippen LogP contribution in [0.1, 0.15) is 37.3 Å². The molecule has 1 aromatic carbocycles. The van der Waals surface area contributed by atoms with Crippen LogP contribution < -0.4 is 0 Å². The van der Waals surface area contributed by atoms with Crippen LogP contribution in [0.5, 0.6) is 0 Å². The van der Waals surface area contributed by atoms with Crippen LogP contribution in [-0.4, -0.2) is 17.5 Å². The number of ketones is 1. The second kappa shape index (κ2) is 8.23. The highest BCUT2D eigenvalue weighted by atomic mass is 16.2. The number of hydrogen-bond acceptors (Lipinski definition) is 2. The molecule has 0 fully saturated rings. The minimum Gasteiger partial charge on any atom is -0.396 e. The van der Waals surface area contributed by atoms with Crippen LogP contribution in [0.25, 0.3) is 10.9 Å². The van der Waals surface area contributed by atoms with Gasteiger partial charge < -0.3 is 5.11 Å². The maximum absolute atomic E-state index is 11.6. The fraction of sp³-hybridized carbons (Fsp3) is 0.375. The van der Waals surface area contributed by atoms with Crippen molar-refractivity contribution in [1.82, 2.24) is 0 Å². The summed E-state index contributed by atoms with van der Waals surface area (Å²) in [6.07, 6.45) is 6.25. The molecule has 1 rings (SSSR count). The van der Waals surface area contributed by atoms with Gasteiger partial charge in [-0.05, 0) is 30.0 Å². The molecule has 1 N–H and O–H groups in total. The molecule has 0 bridgehead atoms. The molecular formula is C16H19NO2. The van der Waals surface area contributed by atoms with E-state index in [1.54, 1.807) is 18.2 Å². The van der Waals surface area contributed by atoms with Gasteiger partial charge in [-0.15, -0.1) is 0 Å². The molecule has 0 radical (unpaired) electrons. The van der Waals surface area contributed by atoms with Crippen LogP contribution in [0.4, 0.5) is 5.69 Å². The zero-order valence-electron chi connectivity index (χ0n) is 11.2. The number of carbonyl (C=O) groups excluding carboxylic acids is 1. The van der Waals surface area contributed by atoms with Crippen molar-refractivity contribution in [3.8, 4) is 0 Å². The van der Waals surface area contributed by atoms with Gasteiger partial charge in [-0.2, -0.15) is 0 Å². The van der Waals surface area contributed by atoms with Gasteiger partial charge in [-0.25, -0.2) is 4.85 Å². The van der Waals surface area contributed by atoms with E-state index >= 15 is 0 Å². The van der Waals surface area contributed by atoms with Gasteiger partial charge in [0.15, 0.2) is 11.5 Å². The number of aliphatic hydroxyl groups excluding tert-OH is 1. The van der Waals surface area contributed by atoms with Crippen LogP contribution in [0, 0.1) is 6.57 Å². The van der Waals surface area contributed by atoms with Gasteiger partial charge in [0.25, 0.3) is 0 Å². The molecule has 0 heterocycles. The molecule has 0 aliphatic rings. The standard InChI is InChI=1S/C16H19NO2/c1-3-4-5-15(19)8-7-14-12-13(10-11-18)6-9-16(14)17-2/h6-9,12,18H,3-5,10-11H2,1H3. The Kier molecular flexibility index (Phi) is 6.56. The van der Waals surface area contributed by atoms with Crippen LogP contribution in [-0.2, 0) is 11.2 Å². The van der Waals surface area contributed by atoms with Crippen molar-refractivity contribution >= 4 is 17.5 Å². The lowest BCUT2D eigenvalue weighted by Crippen LogP contribution is -1.93. The highest BCUT2D eigenvalue weighted by Crippen LogP contribution is 2.22. The van der Waals surface area contributed by atoms with Crippen molar-refractivity contribution in [2.75, 3.05) is 6.61 Å².